The number of aliphatic hydroxyl groups is 1. The Bertz CT molecular complexity index is 867. The van der Waals surface area contributed by atoms with Crippen molar-refractivity contribution in [1.29, 1.82) is 0 Å². The summed E-state index contributed by atoms with van der Waals surface area (Å²) in [5.41, 5.74) is 2.50. The molecule has 0 aliphatic rings. The van der Waals surface area contributed by atoms with Crippen LogP contribution in [0.25, 0.3) is 0 Å². The lowest BCUT2D eigenvalue weighted by Gasteiger charge is -2.12. The van der Waals surface area contributed by atoms with Gasteiger partial charge in [-0.05, 0) is 47.5 Å². The molecule has 0 radical (unpaired) electrons. The fourth-order valence-electron chi connectivity index (χ4n) is 2.53. The molecule has 1 atom stereocenters. The third-order valence-electron chi connectivity index (χ3n) is 4.08. The minimum atomic E-state index is -0.717. The number of aliphatic hydroxyl groups excluding tert-OH is 1. The highest BCUT2D eigenvalue weighted by Crippen LogP contribution is 2.24. The van der Waals surface area contributed by atoms with E-state index in [9.17, 15) is 9.90 Å². The number of carbonyl (C=O) groups is 1. The summed E-state index contributed by atoms with van der Waals surface area (Å²) in [6.07, 6.45) is -0.717. The summed E-state index contributed by atoms with van der Waals surface area (Å²) in [4.78, 5) is 13.4. The van der Waals surface area contributed by atoms with Gasteiger partial charge in [-0.25, -0.2) is 0 Å². The molecule has 3 rings (SSSR count). The molecule has 138 valence electrons. The van der Waals surface area contributed by atoms with E-state index in [4.69, 9.17) is 11.6 Å². The van der Waals surface area contributed by atoms with E-state index in [1.54, 1.807) is 11.8 Å². The Morgan fingerprint density at radius 3 is 2.30 bits per heavy atom. The summed E-state index contributed by atoms with van der Waals surface area (Å²) >= 11 is 7.61. The van der Waals surface area contributed by atoms with Gasteiger partial charge in [0.15, 0.2) is 0 Å². The second-order valence-electron chi connectivity index (χ2n) is 6.08. The van der Waals surface area contributed by atoms with Gasteiger partial charge < -0.3 is 10.4 Å². The average Bonchev–Trinajstić information content (AvgIpc) is 2.72. The first-order valence-corrected chi connectivity index (χ1v) is 9.97. The van der Waals surface area contributed by atoms with Gasteiger partial charge in [0.05, 0.1) is 6.10 Å². The number of hydrogen-bond acceptors (Lipinski definition) is 3. The molecule has 0 saturated heterocycles. The SMILES string of the molecule is O=C(NC[C@@H](O)c1ccccc1)c1ccc(CSc2ccc(Cl)cc2)cc1. The van der Waals surface area contributed by atoms with Gasteiger partial charge in [0, 0.05) is 27.8 Å². The third kappa shape index (κ3) is 5.86. The van der Waals surface area contributed by atoms with Crippen LogP contribution in [0.4, 0.5) is 0 Å². The molecular weight excluding hydrogens is 378 g/mol. The molecule has 0 fully saturated rings. The van der Waals surface area contributed by atoms with Crippen LogP contribution in [0, 0.1) is 0 Å². The molecule has 2 N–H and O–H groups in total. The number of amides is 1. The second kappa shape index (κ2) is 9.60. The van der Waals surface area contributed by atoms with E-state index < -0.39 is 6.10 Å². The maximum Gasteiger partial charge on any atom is 0.251 e. The largest absolute Gasteiger partial charge is 0.387 e. The molecule has 3 nitrogen and oxygen atoms in total. The minimum absolute atomic E-state index is 0.178. The van der Waals surface area contributed by atoms with Gasteiger partial charge >= 0.3 is 0 Å². The van der Waals surface area contributed by atoms with Crippen molar-refractivity contribution in [2.45, 2.75) is 16.8 Å². The molecule has 5 heteroatoms. The predicted octanol–water partition coefficient (Wildman–Crippen LogP) is 5.10. The van der Waals surface area contributed by atoms with E-state index in [0.29, 0.717) is 5.56 Å². The molecule has 0 aliphatic carbocycles. The van der Waals surface area contributed by atoms with Crippen LogP contribution < -0.4 is 5.32 Å². The van der Waals surface area contributed by atoms with E-state index in [0.717, 1.165) is 26.8 Å². The summed E-state index contributed by atoms with van der Waals surface area (Å²) in [6.45, 7) is 0.178. The van der Waals surface area contributed by atoms with E-state index >= 15 is 0 Å². The van der Waals surface area contributed by atoms with Crippen LogP contribution in [0.2, 0.25) is 5.02 Å². The lowest BCUT2D eigenvalue weighted by Crippen LogP contribution is -2.28. The monoisotopic (exact) mass is 397 g/mol. The van der Waals surface area contributed by atoms with Gasteiger partial charge in [-0.2, -0.15) is 0 Å². The van der Waals surface area contributed by atoms with Crippen molar-refractivity contribution in [3.05, 3.63) is 101 Å². The van der Waals surface area contributed by atoms with Crippen LogP contribution in [-0.4, -0.2) is 17.6 Å². The number of benzene rings is 3. The number of carbonyl (C=O) groups excluding carboxylic acids is 1. The number of nitrogens with one attached hydrogen (secondary N) is 1. The van der Waals surface area contributed by atoms with Crippen molar-refractivity contribution < 1.29 is 9.90 Å². The minimum Gasteiger partial charge on any atom is -0.387 e. The number of rotatable bonds is 7. The van der Waals surface area contributed by atoms with Crippen LogP contribution in [0.5, 0.6) is 0 Å². The third-order valence-corrected chi connectivity index (χ3v) is 5.41. The maximum atomic E-state index is 12.3. The first-order valence-electron chi connectivity index (χ1n) is 8.60. The summed E-state index contributed by atoms with van der Waals surface area (Å²) in [5.74, 6) is 0.623. The first-order chi connectivity index (χ1) is 13.1. The Kier molecular flexibility index (Phi) is 6.93. The van der Waals surface area contributed by atoms with Crippen molar-refractivity contribution >= 4 is 29.3 Å². The van der Waals surface area contributed by atoms with Crippen LogP contribution in [0.3, 0.4) is 0 Å². The first kappa shape index (κ1) is 19.5. The highest BCUT2D eigenvalue weighted by atomic mass is 35.5. The topological polar surface area (TPSA) is 49.3 Å². The quantitative estimate of drug-likeness (QED) is 0.545. The number of hydrogen-bond donors (Lipinski definition) is 2. The maximum absolute atomic E-state index is 12.3. The zero-order valence-corrected chi connectivity index (χ0v) is 16.2. The van der Waals surface area contributed by atoms with Crippen molar-refractivity contribution in [2.75, 3.05) is 6.54 Å². The average molecular weight is 398 g/mol. The van der Waals surface area contributed by atoms with Crippen molar-refractivity contribution in [2.24, 2.45) is 0 Å². The molecule has 0 bridgehead atoms. The summed E-state index contributed by atoms with van der Waals surface area (Å²) in [7, 11) is 0. The predicted molar refractivity (Wildman–Crippen MR) is 111 cm³/mol. The molecule has 1 amide bonds. The number of halogens is 1. The molecule has 27 heavy (non-hydrogen) atoms. The Balaban J connectivity index is 1.50. The van der Waals surface area contributed by atoms with Gasteiger partial charge in [-0.3, -0.25) is 4.79 Å². The van der Waals surface area contributed by atoms with Crippen LogP contribution in [-0.2, 0) is 5.75 Å². The lowest BCUT2D eigenvalue weighted by atomic mass is 10.1. The van der Waals surface area contributed by atoms with Crippen LogP contribution in [0.15, 0.2) is 83.8 Å². The molecule has 0 spiro atoms. The molecule has 0 aliphatic heterocycles. The smallest absolute Gasteiger partial charge is 0.251 e. The van der Waals surface area contributed by atoms with Gasteiger partial charge in [0.2, 0.25) is 0 Å². The summed E-state index contributed by atoms with van der Waals surface area (Å²) < 4.78 is 0. The zero-order valence-electron chi connectivity index (χ0n) is 14.6. The lowest BCUT2D eigenvalue weighted by molar-refractivity contribution is 0.0916. The summed E-state index contributed by atoms with van der Waals surface area (Å²) in [5, 5.41) is 13.6. The van der Waals surface area contributed by atoms with Gasteiger partial charge in [0.25, 0.3) is 5.91 Å². The molecular formula is C22H20ClNO2S. The summed E-state index contributed by atoms with van der Waals surface area (Å²) in [6, 6.07) is 24.5. The fourth-order valence-corrected chi connectivity index (χ4v) is 3.51. The van der Waals surface area contributed by atoms with E-state index in [-0.39, 0.29) is 12.5 Å². The Morgan fingerprint density at radius 2 is 1.63 bits per heavy atom. The van der Waals surface area contributed by atoms with E-state index in [1.807, 2.05) is 78.9 Å². The Labute approximate surface area is 168 Å². The fraction of sp³-hybridized carbons (Fsp3) is 0.136. The molecule has 0 heterocycles. The zero-order chi connectivity index (χ0) is 19.1. The normalized spacial score (nSPS) is 11.8. The highest BCUT2D eigenvalue weighted by Gasteiger charge is 2.10. The van der Waals surface area contributed by atoms with E-state index in [1.165, 1.54) is 0 Å². The Morgan fingerprint density at radius 1 is 0.963 bits per heavy atom. The molecule has 0 saturated carbocycles. The molecule has 3 aromatic carbocycles. The van der Waals surface area contributed by atoms with Crippen molar-refractivity contribution in [3.8, 4) is 0 Å². The van der Waals surface area contributed by atoms with Gasteiger partial charge in [-0.1, -0.05) is 54.1 Å². The Hall–Kier alpha value is -2.27. The van der Waals surface area contributed by atoms with Crippen LogP contribution >= 0.6 is 23.4 Å². The molecule has 0 aromatic heterocycles. The van der Waals surface area contributed by atoms with E-state index in [2.05, 4.69) is 5.32 Å². The van der Waals surface area contributed by atoms with Gasteiger partial charge in [-0.15, -0.1) is 11.8 Å². The second-order valence-corrected chi connectivity index (χ2v) is 7.56. The standard InChI is InChI=1S/C22H20ClNO2S/c23-19-10-12-20(13-11-19)27-15-16-6-8-18(9-7-16)22(26)24-14-21(25)17-4-2-1-3-5-17/h1-13,21,25H,14-15H2,(H,24,26)/t21-/m1/s1. The molecule has 3 aromatic rings. The molecule has 0 unspecified atom stereocenters. The van der Waals surface area contributed by atoms with Crippen molar-refractivity contribution in [1.82, 2.24) is 5.32 Å². The highest BCUT2D eigenvalue weighted by molar-refractivity contribution is 7.98. The number of thioether (sulfide) groups is 1. The van der Waals surface area contributed by atoms with Gasteiger partial charge in [0.1, 0.15) is 0 Å². The van der Waals surface area contributed by atoms with Crippen molar-refractivity contribution in [3.63, 3.8) is 0 Å². The van der Waals surface area contributed by atoms with Crippen LogP contribution in [0.1, 0.15) is 27.6 Å².